The Balaban J connectivity index is 2.43. The number of nitrogens with zero attached hydrogens (tertiary/aromatic N) is 3. The van der Waals surface area contributed by atoms with Gasteiger partial charge in [0.2, 0.25) is 0 Å². The maximum atomic E-state index is 12.2. The maximum absolute atomic E-state index is 12.2. The highest BCUT2D eigenvalue weighted by Crippen LogP contribution is 2.21. The molecular formula is C10H13N5O2S. The normalized spacial score (nSPS) is 11.4. The third-order valence-electron chi connectivity index (χ3n) is 2.45. The van der Waals surface area contributed by atoms with E-state index >= 15 is 0 Å². The number of imidazole rings is 1. The van der Waals surface area contributed by atoms with Gasteiger partial charge in [-0.3, -0.25) is 9.71 Å². The van der Waals surface area contributed by atoms with Gasteiger partial charge in [0.15, 0.2) is 10.8 Å². The number of aromatic nitrogens is 3. The number of aryl methyl sites for hydroxylation is 2. The predicted octanol–water partition coefficient (Wildman–Crippen LogP) is 0.507. The number of sulfonamides is 1. The van der Waals surface area contributed by atoms with Gasteiger partial charge in [-0.2, -0.15) is 8.42 Å². The number of rotatable bonds is 3. The zero-order chi connectivity index (χ0) is 13.3. The lowest BCUT2D eigenvalue weighted by Gasteiger charge is -2.10. The Labute approximate surface area is 105 Å². The van der Waals surface area contributed by atoms with Crippen molar-refractivity contribution < 1.29 is 8.42 Å². The van der Waals surface area contributed by atoms with Crippen LogP contribution in [-0.2, 0) is 17.1 Å². The molecule has 0 aliphatic heterocycles. The van der Waals surface area contributed by atoms with E-state index in [4.69, 9.17) is 5.73 Å². The Morgan fingerprint density at radius 2 is 2.17 bits per heavy atom. The largest absolute Gasteiger partial charge is 0.381 e. The Hall–Kier alpha value is -2.09. The molecule has 0 aromatic carbocycles. The molecule has 2 rings (SSSR count). The molecule has 0 atom stereocenters. The van der Waals surface area contributed by atoms with Crippen LogP contribution >= 0.6 is 0 Å². The number of hydrogen-bond acceptors (Lipinski definition) is 5. The molecule has 2 heterocycles. The number of anilines is 2. The number of pyridine rings is 1. The van der Waals surface area contributed by atoms with E-state index in [2.05, 4.69) is 14.7 Å². The quantitative estimate of drug-likeness (QED) is 0.843. The molecule has 0 saturated carbocycles. The van der Waals surface area contributed by atoms with Crippen molar-refractivity contribution in [3.05, 3.63) is 30.4 Å². The van der Waals surface area contributed by atoms with Gasteiger partial charge in [0.05, 0.1) is 18.2 Å². The van der Waals surface area contributed by atoms with Gasteiger partial charge in [-0.1, -0.05) is 0 Å². The van der Waals surface area contributed by atoms with Crippen LogP contribution < -0.4 is 10.5 Å². The van der Waals surface area contributed by atoms with E-state index in [-0.39, 0.29) is 10.8 Å². The van der Waals surface area contributed by atoms with Crippen molar-refractivity contribution in [2.75, 3.05) is 10.5 Å². The zero-order valence-corrected chi connectivity index (χ0v) is 10.8. The molecule has 0 fully saturated rings. The molecule has 0 spiro atoms. The van der Waals surface area contributed by atoms with E-state index in [0.717, 1.165) is 5.56 Å². The molecule has 0 aliphatic rings. The fraction of sp³-hybridized carbons (Fsp3) is 0.200. The van der Waals surface area contributed by atoms with Crippen LogP contribution in [0.3, 0.4) is 0 Å². The summed E-state index contributed by atoms with van der Waals surface area (Å²) in [4.78, 5) is 7.63. The number of nitrogen functional groups attached to an aromatic ring is 1. The minimum absolute atomic E-state index is 0.0356. The van der Waals surface area contributed by atoms with Gasteiger partial charge in [-0.15, -0.1) is 0 Å². The van der Waals surface area contributed by atoms with Crippen LogP contribution in [0, 0.1) is 6.92 Å². The first kappa shape index (κ1) is 12.4. The number of nitrogens with two attached hydrogens (primary N) is 1. The van der Waals surface area contributed by atoms with Crippen LogP contribution in [0.2, 0.25) is 0 Å². The monoisotopic (exact) mass is 267 g/mol. The van der Waals surface area contributed by atoms with Crippen molar-refractivity contribution in [1.29, 1.82) is 0 Å². The molecule has 3 N–H and O–H groups in total. The van der Waals surface area contributed by atoms with Crippen LogP contribution in [0.1, 0.15) is 5.56 Å². The van der Waals surface area contributed by atoms with Gasteiger partial charge in [-0.25, -0.2) is 4.98 Å². The summed E-state index contributed by atoms with van der Waals surface area (Å²) in [7, 11) is -2.20. The van der Waals surface area contributed by atoms with Crippen molar-refractivity contribution in [2.24, 2.45) is 7.05 Å². The molecule has 0 bridgehead atoms. The van der Waals surface area contributed by atoms with Gasteiger partial charge in [0.25, 0.3) is 10.0 Å². The molecule has 7 nitrogen and oxygen atoms in total. The maximum Gasteiger partial charge on any atom is 0.281 e. The van der Waals surface area contributed by atoms with Gasteiger partial charge >= 0.3 is 0 Å². The van der Waals surface area contributed by atoms with Crippen LogP contribution in [0.4, 0.5) is 11.5 Å². The van der Waals surface area contributed by atoms with E-state index in [1.165, 1.54) is 17.1 Å². The highest BCUT2D eigenvalue weighted by molar-refractivity contribution is 7.92. The SMILES string of the molecule is Cc1ccncc1NS(=O)(=O)c1c(N)ncn1C. The molecule has 0 saturated heterocycles. The minimum atomic E-state index is -3.77. The van der Waals surface area contributed by atoms with Crippen LogP contribution in [-0.4, -0.2) is 23.0 Å². The van der Waals surface area contributed by atoms with Crippen molar-refractivity contribution >= 4 is 21.5 Å². The average Bonchev–Trinajstić information content (AvgIpc) is 2.62. The summed E-state index contributed by atoms with van der Waals surface area (Å²) >= 11 is 0. The summed E-state index contributed by atoms with van der Waals surface area (Å²) in [5.74, 6) is -0.0356. The van der Waals surface area contributed by atoms with Gasteiger partial charge in [0, 0.05) is 13.2 Å². The van der Waals surface area contributed by atoms with Gasteiger partial charge < -0.3 is 10.3 Å². The van der Waals surface area contributed by atoms with E-state index < -0.39 is 10.0 Å². The highest BCUT2D eigenvalue weighted by Gasteiger charge is 2.22. The van der Waals surface area contributed by atoms with Crippen molar-refractivity contribution in [3.63, 3.8) is 0 Å². The Morgan fingerprint density at radius 1 is 1.44 bits per heavy atom. The van der Waals surface area contributed by atoms with Crippen molar-refractivity contribution in [3.8, 4) is 0 Å². The Morgan fingerprint density at radius 3 is 2.72 bits per heavy atom. The molecule has 8 heteroatoms. The molecule has 2 aromatic heterocycles. The van der Waals surface area contributed by atoms with Crippen molar-refractivity contribution in [2.45, 2.75) is 11.9 Å². The summed E-state index contributed by atoms with van der Waals surface area (Å²) in [6.45, 7) is 1.78. The second-order valence-electron chi connectivity index (χ2n) is 3.84. The first-order valence-electron chi connectivity index (χ1n) is 5.12. The summed E-state index contributed by atoms with van der Waals surface area (Å²) in [5, 5.41) is -0.0641. The standard InChI is InChI=1S/C10H13N5O2S/c1-7-3-4-12-5-8(7)14-18(16,17)10-9(11)13-6-15(10)2/h3-6,14H,11H2,1-2H3. The second kappa shape index (κ2) is 4.30. The lowest BCUT2D eigenvalue weighted by atomic mass is 10.3. The molecule has 0 unspecified atom stereocenters. The fourth-order valence-electron chi connectivity index (χ4n) is 1.53. The second-order valence-corrected chi connectivity index (χ2v) is 5.44. The van der Waals surface area contributed by atoms with E-state index in [0.29, 0.717) is 5.69 Å². The zero-order valence-electron chi connectivity index (χ0n) is 9.95. The lowest BCUT2D eigenvalue weighted by Crippen LogP contribution is -2.18. The van der Waals surface area contributed by atoms with Crippen molar-refractivity contribution in [1.82, 2.24) is 14.5 Å². The smallest absolute Gasteiger partial charge is 0.281 e. The van der Waals surface area contributed by atoms with Crippen LogP contribution in [0.15, 0.2) is 29.8 Å². The van der Waals surface area contributed by atoms with Crippen LogP contribution in [0.25, 0.3) is 0 Å². The molecule has 0 aliphatic carbocycles. The fourth-order valence-corrected chi connectivity index (χ4v) is 2.88. The Bertz CT molecular complexity index is 658. The number of hydrogen-bond donors (Lipinski definition) is 2. The van der Waals surface area contributed by atoms with E-state index in [1.807, 2.05) is 0 Å². The highest BCUT2D eigenvalue weighted by atomic mass is 32.2. The molecule has 96 valence electrons. The summed E-state index contributed by atoms with van der Waals surface area (Å²) in [6, 6.07) is 1.71. The van der Waals surface area contributed by atoms with E-state index in [9.17, 15) is 8.42 Å². The van der Waals surface area contributed by atoms with Gasteiger partial charge in [0.1, 0.15) is 0 Å². The third-order valence-corrected chi connectivity index (χ3v) is 3.94. The molecule has 0 radical (unpaired) electrons. The molecular weight excluding hydrogens is 254 g/mol. The summed E-state index contributed by atoms with van der Waals surface area (Å²) < 4.78 is 28.1. The first-order chi connectivity index (χ1) is 8.42. The molecule has 0 amide bonds. The van der Waals surface area contributed by atoms with Gasteiger partial charge in [-0.05, 0) is 18.6 Å². The summed E-state index contributed by atoms with van der Waals surface area (Å²) in [6.07, 6.45) is 4.38. The minimum Gasteiger partial charge on any atom is -0.381 e. The third kappa shape index (κ3) is 2.14. The topological polar surface area (TPSA) is 103 Å². The van der Waals surface area contributed by atoms with E-state index in [1.54, 1.807) is 26.2 Å². The molecule has 2 aromatic rings. The average molecular weight is 267 g/mol. The Kier molecular flexibility index (Phi) is 2.95. The number of nitrogens with one attached hydrogen (secondary N) is 1. The molecule has 18 heavy (non-hydrogen) atoms. The van der Waals surface area contributed by atoms with Crippen LogP contribution in [0.5, 0.6) is 0 Å². The first-order valence-corrected chi connectivity index (χ1v) is 6.60. The summed E-state index contributed by atoms with van der Waals surface area (Å²) in [5.41, 5.74) is 6.74. The lowest BCUT2D eigenvalue weighted by molar-refractivity contribution is 0.592. The predicted molar refractivity (Wildman–Crippen MR) is 67.4 cm³/mol.